The first-order valence-corrected chi connectivity index (χ1v) is 8.92. The molecule has 3 nitrogen and oxygen atoms in total. The van der Waals surface area contributed by atoms with E-state index in [4.69, 9.17) is 0 Å². The zero-order chi connectivity index (χ0) is 18.2. The lowest BCUT2D eigenvalue weighted by Crippen LogP contribution is -2.28. The van der Waals surface area contributed by atoms with E-state index in [1.165, 1.54) is 11.1 Å². The highest BCUT2D eigenvalue weighted by Gasteiger charge is 2.15. The fourth-order valence-corrected chi connectivity index (χ4v) is 3.12. The van der Waals surface area contributed by atoms with Crippen molar-refractivity contribution in [2.24, 2.45) is 0 Å². The van der Waals surface area contributed by atoms with Gasteiger partial charge >= 0.3 is 0 Å². The summed E-state index contributed by atoms with van der Waals surface area (Å²) < 4.78 is 0. The van der Waals surface area contributed by atoms with E-state index in [2.05, 4.69) is 29.2 Å². The third kappa shape index (κ3) is 5.27. The van der Waals surface area contributed by atoms with Crippen LogP contribution < -0.4 is 0 Å². The lowest BCUT2D eigenvalue weighted by Gasteiger charge is -2.26. The van der Waals surface area contributed by atoms with Crippen molar-refractivity contribution >= 4 is 0 Å². The van der Waals surface area contributed by atoms with E-state index in [0.717, 1.165) is 24.2 Å². The van der Waals surface area contributed by atoms with Gasteiger partial charge in [-0.1, -0.05) is 84.9 Å². The number of aliphatic hydroxyl groups is 2. The molecule has 0 aromatic heterocycles. The molecule has 3 heteroatoms. The van der Waals surface area contributed by atoms with Crippen LogP contribution in [0.25, 0.3) is 0 Å². The van der Waals surface area contributed by atoms with Crippen LogP contribution in [0, 0.1) is 0 Å². The van der Waals surface area contributed by atoms with Gasteiger partial charge in [0.2, 0.25) is 0 Å². The minimum atomic E-state index is -0.603. The van der Waals surface area contributed by atoms with Crippen molar-refractivity contribution in [3.8, 4) is 0 Å². The highest BCUT2D eigenvalue weighted by Crippen LogP contribution is 2.19. The van der Waals surface area contributed by atoms with Crippen LogP contribution in [0.1, 0.15) is 28.4 Å². The summed E-state index contributed by atoms with van der Waals surface area (Å²) in [4.78, 5) is 2.25. The van der Waals surface area contributed by atoms with Gasteiger partial charge in [-0.25, -0.2) is 0 Å². The molecule has 134 valence electrons. The van der Waals surface area contributed by atoms with E-state index in [0.29, 0.717) is 6.54 Å². The summed E-state index contributed by atoms with van der Waals surface area (Å²) in [5, 5.41) is 20.1. The Balaban J connectivity index is 1.75. The highest BCUT2D eigenvalue weighted by atomic mass is 16.3. The topological polar surface area (TPSA) is 43.7 Å². The van der Waals surface area contributed by atoms with Gasteiger partial charge in [-0.2, -0.15) is 0 Å². The summed E-state index contributed by atoms with van der Waals surface area (Å²) in [6.07, 6.45) is -0.603. The first-order chi connectivity index (χ1) is 12.7. The third-order valence-corrected chi connectivity index (χ3v) is 4.45. The molecule has 0 aliphatic rings. The molecule has 1 atom stereocenters. The molecule has 0 saturated carbocycles. The Morgan fingerprint density at radius 1 is 0.692 bits per heavy atom. The second-order valence-corrected chi connectivity index (χ2v) is 6.56. The van der Waals surface area contributed by atoms with Crippen molar-refractivity contribution < 1.29 is 10.2 Å². The molecule has 0 saturated heterocycles. The SMILES string of the molecule is OCc1cccc(C(O)CN(Cc2ccccc2)Cc2ccccc2)c1. The fraction of sp³-hybridized carbons (Fsp3) is 0.217. The Bertz CT molecular complexity index is 748. The minimum Gasteiger partial charge on any atom is -0.392 e. The van der Waals surface area contributed by atoms with Crippen LogP contribution in [0.3, 0.4) is 0 Å². The summed E-state index contributed by atoms with van der Waals surface area (Å²) in [6, 6.07) is 28.1. The second-order valence-electron chi connectivity index (χ2n) is 6.56. The minimum absolute atomic E-state index is 0.0156. The predicted octanol–water partition coefficient (Wildman–Crippen LogP) is 3.91. The van der Waals surface area contributed by atoms with Gasteiger partial charge in [0, 0.05) is 19.6 Å². The molecular weight excluding hydrogens is 322 g/mol. The molecular formula is C23H25NO2. The van der Waals surface area contributed by atoms with E-state index >= 15 is 0 Å². The van der Waals surface area contributed by atoms with Crippen molar-refractivity contribution in [3.05, 3.63) is 107 Å². The van der Waals surface area contributed by atoms with E-state index in [1.54, 1.807) is 0 Å². The first-order valence-electron chi connectivity index (χ1n) is 8.92. The smallest absolute Gasteiger partial charge is 0.0917 e. The Morgan fingerprint density at radius 3 is 1.77 bits per heavy atom. The van der Waals surface area contributed by atoms with Gasteiger partial charge in [0.25, 0.3) is 0 Å². The van der Waals surface area contributed by atoms with Crippen molar-refractivity contribution in [2.45, 2.75) is 25.8 Å². The fourth-order valence-electron chi connectivity index (χ4n) is 3.12. The molecule has 0 radical (unpaired) electrons. The summed E-state index contributed by atoms with van der Waals surface area (Å²) in [6.45, 7) is 2.05. The number of hydrogen-bond acceptors (Lipinski definition) is 3. The molecule has 3 aromatic carbocycles. The summed E-state index contributed by atoms with van der Waals surface area (Å²) in [7, 11) is 0. The molecule has 3 rings (SSSR count). The van der Waals surface area contributed by atoms with Crippen molar-refractivity contribution in [2.75, 3.05) is 6.54 Å². The second kappa shape index (κ2) is 9.30. The van der Waals surface area contributed by atoms with Gasteiger partial charge in [-0.15, -0.1) is 0 Å². The number of aliphatic hydroxyl groups excluding tert-OH is 2. The molecule has 0 spiro atoms. The average molecular weight is 347 g/mol. The van der Waals surface area contributed by atoms with Crippen LogP contribution >= 0.6 is 0 Å². The molecule has 0 fully saturated rings. The van der Waals surface area contributed by atoms with Crippen LogP contribution in [0.4, 0.5) is 0 Å². The van der Waals surface area contributed by atoms with E-state index in [-0.39, 0.29) is 6.61 Å². The van der Waals surface area contributed by atoms with Crippen molar-refractivity contribution in [3.63, 3.8) is 0 Å². The van der Waals surface area contributed by atoms with Gasteiger partial charge in [-0.3, -0.25) is 4.90 Å². The van der Waals surface area contributed by atoms with Gasteiger partial charge in [0.05, 0.1) is 12.7 Å². The van der Waals surface area contributed by atoms with Crippen LogP contribution in [-0.2, 0) is 19.7 Å². The molecule has 3 aromatic rings. The van der Waals surface area contributed by atoms with Crippen LogP contribution in [0.2, 0.25) is 0 Å². The maximum absolute atomic E-state index is 10.7. The van der Waals surface area contributed by atoms with Gasteiger partial charge in [0.1, 0.15) is 0 Å². The summed E-state index contributed by atoms with van der Waals surface area (Å²) in [5.74, 6) is 0. The summed E-state index contributed by atoms with van der Waals surface area (Å²) >= 11 is 0. The average Bonchev–Trinajstić information content (AvgIpc) is 2.69. The van der Waals surface area contributed by atoms with Crippen molar-refractivity contribution in [1.29, 1.82) is 0 Å². The molecule has 26 heavy (non-hydrogen) atoms. The Labute approximate surface area is 155 Å². The molecule has 0 bridgehead atoms. The van der Waals surface area contributed by atoms with Crippen LogP contribution in [-0.4, -0.2) is 21.7 Å². The normalized spacial score (nSPS) is 12.3. The maximum atomic E-state index is 10.7. The monoisotopic (exact) mass is 347 g/mol. The quantitative estimate of drug-likeness (QED) is 0.649. The van der Waals surface area contributed by atoms with Gasteiger partial charge in [0.15, 0.2) is 0 Å². The first kappa shape index (κ1) is 18.3. The van der Waals surface area contributed by atoms with Gasteiger partial charge < -0.3 is 10.2 Å². The lowest BCUT2D eigenvalue weighted by molar-refractivity contribution is 0.105. The Kier molecular flexibility index (Phi) is 6.56. The molecule has 0 aliphatic heterocycles. The molecule has 0 heterocycles. The number of benzene rings is 3. The lowest BCUT2D eigenvalue weighted by atomic mass is 10.0. The molecule has 0 aliphatic carbocycles. The molecule has 0 amide bonds. The maximum Gasteiger partial charge on any atom is 0.0917 e. The summed E-state index contributed by atoms with van der Waals surface area (Å²) in [5.41, 5.74) is 4.10. The van der Waals surface area contributed by atoms with E-state index < -0.39 is 6.10 Å². The number of hydrogen-bond donors (Lipinski definition) is 2. The number of rotatable bonds is 8. The van der Waals surface area contributed by atoms with E-state index in [1.807, 2.05) is 60.7 Å². The predicted molar refractivity (Wildman–Crippen MR) is 104 cm³/mol. The van der Waals surface area contributed by atoms with Crippen molar-refractivity contribution in [1.82, 2.24) is 4.90 Å². The highest BCUT2D eigenvalue weighted by molar-refractivity contribution is 5.25. The van der Waals surface area contributed by atoms with Crippen LogP contribution in [0.5, 0.6) is 0 Å². The molecule has 2 N–H and O–H groups in total. The van der Waals surface area contributed by atoms with Crippen LogP contribution in [0.15, 0.2) is 84.9 Å². The zero-order valence-electron chi connectivity index (χ0n) is 14.8. The van der Waals surface area contributed by atoms with E-state index in [9.17, 15) is 10.2 Å². The third-order valence-electron chi connectivity index (χ3n) is 4.45. The standard InChI is InChI=1S/C23H25NO2/c25-18-21-12-7-13-22(14-21)23(26)17-24(15-19-8-3-1-4-9-19)16-20-10-5-2-6-11-20/h1-14,23,25-26H,15-18H2. The van der Waals surface area contributed by atoms with Gasteiger partial charge in [-0.05, 0) is 22.3 Å². The largest absolute Gasteiger partial charge is 0.392 e. The molecule has 1 unspecified atom stereocenters. The Morgan fingerprint density at radius 2 is 1.23 bits per heavy atom. The Hall–Kier alpha value is -2.46. The zero-order valence-corrected chi connectivity index (χ0v) is 14.8. The number of nitrogens with zero attached hydrogens (tertiary/aromatic N) is 1.